The summed E-state index contributed by atoms with van der Waals surface area (Å²) in [5.74, 6) is 0.597. The van der Waals surface area contributed by atoms with Crippen LogP contribution in [0.3, 0.4) is 0 Å². The molecule has 0 saturated carbocycles. The number of fused-ring (bicyclic) bond motifs is 2. The molecule has 5 rings (SSSR count). The SMILES string of the molecule is O=C1N=C(CCCC(=O)N2CCC(c3[nH]nc4ccccc34)CC2)N=C2C=CC=CC12. The number of amides is 2. The quantitative estimate of drug-likeness (QED) is 0.809. The number of nitrogens with one attached hydrogen (secondary N) is 1. The highest BCUT2D eigenvalue weighted by Gasteiger charge is 2.27. The van der Waals surface area contributed by atoms with E-state index in [9.17, 15) is 9.59 Å². The van der Waals surface area contributed by atoms with Crippen molar-refractivity contribution < 1.29 is 9.59 Å². The molecule has 2 aliphatic heterocycles. The number of aliphatic imine (C=N–C) groups is 2. The van der Waals surface area contributed by atoms with Crippen molar-refractivity contribution in [1.29, 1.82) is 0 Å². The Labute approximate surface area is 180 Å². The van der Waals surface area contributed by atoms with E-state index >= 15 is 0 Å². The van der Waals surface area contributed by atoms with Crippen LogP contribution in [0.25, 0.3) is 10.9 Å². The summed E-state index contributed by atoms with van der Waals surface area (Å²) in [5.41, 5.74) is 2.93. The predicted octanol–water partition coefficient (Wildman–Crippen LogP) is 3.56. The highest BCUT2D eigenvalue weighted by molar-refractivity contribution is 6.21. The summed E-state index contributed by atoms with van der Waals surface area (Å²) in [4.78, 5) is 35.4. The Bertz CT molecular complexity index is 1130. The molecule has 1 unspecified atom stereocenters. The van der Waals surface area contributed by atoms with Gasteiger partial charge in [-0.1, -0.05) is 36.4 Å². The second-order valence-electron chi connectivity index (χ2n) is 8.29. The van der Waals surface area contributed by atoms with Gasteiger partial charge in [0.2, 0.25) is 5.91 Å². The number of carbonyl (C=O) groups is 2. The number of allylic oxidation sites excluding steroid dienone is 3. The van der Waals surface area contributed by atoms with Gasteiger partial charge in [-0.2, -0.15) is 10.1 Å². The first kappa shape index (κ1) is 19.6. The van der Waals surface area contributed by atoms with Gasteiger partial charge in [0.05, 0.1) is 11.2 Å². The number of nitrogens with zero attached hydrogens (tertiary/aromatic N) is 4. The number of aromatic nitrogens is 2. The number of likely N-dealkylation sites (tertiary alicyclic amines) is 1. The second kappa shape index (κ2) is 8.41. The van der Waals surface area contributed by atoms with Gasteiger partial charge >= 0.3 is 0 Å². The largest absolute Gasteiger partial charge is 0.343 e. The lowest BCUT2D eigenvalue weighted by Crippen LogP contribution is -2.38. The van der Waals surface area contributed by atoms with Crippen LogP contribution in [-0.2, 0) is 9.59 Å². The summed E-state index contributed by atoms with van der Waals surface area (Å²) in [6, 6.07) is 8.16. The van der Waals surface area contributed by atoms with Gasteiger partial charge in [0.25, 0.3) is 5.91 Å². The van der Waals surface area contributed by atoms with Crippen LogP contribution < -0.4 is 0 Å². The summed E-state index contributed by atoms with van der Waals surface area (Å²) >= 11 is 0. The molecule has 1 aromatic carbocycles. The normalized spacial score (nSPS) is 21.2. The third-order valence-electron chi connectivity index (χ3n) is 6.30. The lowest BCUT2D eigenvalue weighted by atomic mass is 9.91. The van der Waals surface area contributed by atoms with E-state index < -0.39 is 0 Å². The molecule has 158 valence electrons. The van der Waals surface area contributed by atoms with Crippen molar-refractivity contribution in [3.05, 3.63) is 54.3 Å². The molecule has 3 aliphatic rings. The van der Waals surface area contributed by atoms with Crippen LogP contribution in [-0.4, -0.2) is 51.5 Å². The minimum Gasteiger partial charge on any atom is -0.343 e. The van der Waals surface area contributed by atoms with Gasteiger partial charge < -0.3 is 4.90 Å². The van der Waals surface area contributed by atoms with Crippen LogP contribution in [0.4, 0.5) is 0 Å². The molecule has 1 atom stereocenters. The zero-order valence-electron chi connectivity index (χ0n) is 17.3. The number of hydrogen-bond acceptors (Lipinski definition) is 4. The smallest absolute Gasteiger partial charge is 0.260 e. The average Bonchev–Trinajstić information content (AvgIpc) is 3.23. The first-order valence-corrected chi connectivity index (χ1v) is 10.9. The molecular weight excluding hydrogens is 390 g/mol. The Morgan fingerprint density at radius 2 is 1.97 bits per heavy atom. The van der Waals surface area contributed by atoms with Crippen molar-refractivity contribution >= 4 is 34.3 Å². The maximum Gasteiger partial charge on any atom is 0.260 e. The van der Waals surface area contributed by atoms with Crippen LogP contribution in [0.1, 0.15) is 43.7 Å². The maximum absolute atomic E-state index is 12.7. The minimum absolute atomic E-state index is 0.166. The number of hydrogen-bond donors (Lipinski definition) is 1. The van der Waals surface area contributed by atoms with Crippen LogP contribution in [0.2, 0.25) is 0 Å². The summed E-state index contributed by atoms with van der Waals surface area (Å²) in [6.45, 7) is 1.52. The van der Waals surface area contributed by atoms with Crippen LogP contribution in [0.15, 0.2) is 58.6 Å². The number of benzene rings is 1. The molecule has 2 aromatic rings. The van der Waals surface area contributed by atoms with Gasteiger partial charge in [-0.3, -0.25) is 14.7 Å². The highest BCUT2D eigenvalue weighted by atomic mass is 16.2. The zero-order chi connectivity index (χ0) is 21.2. The second-order valence-corrected chi connectivity index (χ2v) is 8.29. The third-order valence-corrected chi connectivity index (χ3v) is 6.30. The summed E-state index contributed by atoms with van der Waals surface area (Å²) < 4.78 is 0. The molecule has 31 heavy (non-hydrogen) atoms. The lowest BCUT2D eigenvalue weighted by Gasteiger charge is -2.31. The van der Waals surface area contributed by atoms with Gasteiger partial charge in [0, 0.05) is 42.9 Å². The summed E-state index contributed by atoms with van der Waals surface area (Å²) in [7, 11) is 0. The van der Waals surface area contributed by atoms with Crippen molar-refractivity contribution in [3.63, 3.8) is 0 Å². The van der Waals surface area contributed by atoms with Gasteiger partial charge in [-0.15, -0.1) is 0 Å². The fourth-order valence-corrected chi connectivity index (χ4v) is 4.59. The molecule has 2 amide bonds. The van der Waals surface area contributed by atoms with E-state index in [1.165, 1.54) is 11.1 Å². The van der Waals surface area contributed by atoms with Crippen molar-refractivity contribution in [2.45, 2.75) is 38.0 Å². The molecule has 7 heteroatoms. The van der Waals surface area contributed by atoms with Crippen molar-refractivity contribution in [1.82, 2.24) is 15.1 Å². The number of aromatic amines is 1. The predicted molar refractivity (Wildman–Crippen MR) is 120 cm³/mol. The van der Waals surface area contributed by atoms with Crippen LogP contribution in [0.5, 0.6) is 0 Å². The Morgan fingerprint density at radius 3 is 2.84 bits per heavy atom. The first-order chi connectivity index (χ1) is 15.2. The van der Waals surface area contributed by atoms with Crippen LogP contribution in [0, 0.1) is 5.92 Å². The molecule has 3 heterocycles. The number of amidine groups is 1. The molecule has 1 fully saturated rings. The Hall–Kier alpha value is -3.35. The van der Waals surface area contributed by atoms with E-state index in [0.29, 0.717) is 31.0 Å². The van der Waals surface area contributed by atoms with E-state index in [0.717, 1.165) is 37.2 Å². The molecule has 7 nitrogen and oxygen atoms in total. The Morgan fingerprint density at radius 1 is 1.13 bits per heavy atom. The average molecular weight is 415 g/mol. The molecule has 1 N–H and O–H groups in total. The Balaban J connectivity index is 1.12. The van der Waals surface area contributed by atoms with E-state index in [1.54, 1.807) is 0 Å². The van der Waals surface area contributed by atoms with Gasteiger partial charge in [0.1, 0.15) is 11.8 Å². The fourth-order valence-electron chi connectivity index (χ4n) is 4.59. The van der Waals surface area contributed by atoms with Crippen molar-refractivity contribution in [2.24, 2.45) is 15.9 Å². The van der Waals surface area contributed by atoms with Gasteiger partial charge in [0.15, 0.2) is 0 Å². The Kier molecular flexibility index (Phi) is 5.32. The van der Waals surface area contributed by atoms with Crippen molar-refractivity contribution in [2.75, 3.05) is 13.1 Å². The maximum atomic E-state index is 12.7. The minimum atomic E-state index is -0.344. The van der Waals surface area contributed by atoms with Gasteiger partial charge in [-0.25, -0.2) is 4.99 Å². The van der Waals surface area contributed by atoms with E-state index in [-0.39, 0.29) is 17.7 Å². The zero-order valence-corrected chi connectivity index (χ0v) is 17.3. The number of piperidine rings is 1. The molecular formula is C24H25N5O2. The lowest BCUT2D eigenvalue weighted by molar-refractivity contribution is -0.132. The number of carbonyl (C=O) groups excluding carboxylic acids is 2. The fraction of sp³-hybridized carbons (Fsp3) is 0.375. The topological polar surface area (TPSA) is 90.8 Å². The van der Waals surface area contributed by atoms with E-state index in [1.807, 2.05) is 47.4 Å². The van der Waals surface area contributed by atoms with E-state index in [2.05, 4.69) is 26.2 Å². The molecule has 0 radical (unpaired) electrons. The molecule has 1 aliphatic carbocycles. The first-order valence-electron chi connectivity index (χ1n) is 10.9. The molecule has 1 saturated heterocycles. The number of H-pyrrole nitrogens is 1. The van der Waals surface area contributed by atoms with Gasteiger partial charge in [-0.05, 0) is 31.4 Å². The molecule has 1 aromatic heterocycles. The molecule has 0 bridgehead atoms. The summed E-state index contributed by atoms with van der Waals surface area (Å²) in [6.07, 6.45) is 10.9. The number of rotatable bonds is 5. The number of para-hydroxylation sites is 1. The van der Waals surface area contributed by atoms with Crippen LogP contribution >= 0.6 is 0 Å². The summed E-state index contributed by atoms with van der Waals surface area (Å²) in [5, 5.41) is 8.79. The highest BCUT2D eigenvalue weighted by Crippen LogP contribution is 2.31. The van der Waals surface area contributed by atoms with E-state index in [4.69, 9.17) is 0 Å². The standard InChI is InChI=1S/C24H25N5O2/c30-22(11-5-10-21-25-19-8-3-2-7-18(19)24(31)26-21)29-14-12-16(13-15-29)23-17-6-1-4-9-20(17)27-28-23/h1-4,6-9,16,18H,5,10-15H2,(H,27,28). The van der Waals surface area contributed by atoms with Crippen molar-refractivity contribution in [3.8, 4) is 0 Å². The third kappa shape index (κ3) is 4.00. The monoisotopic (exact) mass is 415 g/mol. The molecule has 0 spiro atoms.